The minimum absolute atomic E-state index is 0.0125. The molecule has 1 aliphatic rings. The molecule has 0 saturated heterocycles. The zero-order valence-electron chi connectivity index (χ0n) is 59.1. The Kier molecular flexibility index (Phi) is 26.4. The second-order valence-corrected chi connectivity index (χ2v) is 30.6. The van der Waals surface area contributed by atoms with E-state index in [9.17, 15) is 46.8 Å². The number of unbranched alkanes of at least 4 members (excludes halogenated alkanes) is 1. The molecule has 5 aromatic carbocycles. The first kappa shape index (κ1) is 77.0. The summed E-state index contributed by atoms with van der Waals surface area (Å²) in [7, 11) is -1.27. The predicted molar refractivity (Wildman–Crippen MR) is 375 cm³/mol. The van der Waals surface area contributed by atoms with Crippen LogP contribution in [-0.4, -0.2) is 135 Å². The average Bonchev–Trinajstić information content (AvgIpc) is 1.34. The Hall–Kier alpha value is -9.05. The maximum Gasteiger partial charge on any atom is 0.410 e. The van der Waals surface area contributed by atoms with Crippen molar-refractivity contribution in [3.63, 3.8) is 0 Å². The second kappa shape index (κ2) is 33.3. The van der Waals surface area contributed by atoms with Crippen LogP contribution in [0.5, 0.6) is 0 Å². The number of hydrogen-bond donors (Lipinski definition) is 6. The fraction of sp³-hybridized carbons (Fsp3) is 0.467. The van der Waals surface area contributed by atoms with Gasteiger partial charge in [-0.25, -0.2) is 27.5 Å². The van der Waals surface area contributed by atoms with Crippen molar-refractivity contribution in [2.45, 2.75) is 188 Å². The molecule has 0 fully saturated rings. The lowest BCUT2D eigenvalue weighted by molar-refractivity contribution is -0.141. The first-order valence-corrected chi connectivity index (χ1v) is 34.6. The number of nitrogens with one attached hydrogen (secondary N) is 6. The van der Waals surface area contributed by atoms with E-state index in [1.807, 2.05) is 137 Å². The summed E-state index contributed by atoms with van der Waals surface area (Å²) < 4.78 is 46.4. The average molecular weight is 1350 g/mol. The highest BCUT2D eigenvalue weighted by Crippen LogP contribution is 2.44. The van der Waals surface area contributed by atoms with Gasteiger partial charge in [-0.2, -0.15) is 0 Å². The number of sulfonamides is 1. The van der Waals surface area contributed by atoms with Crippen LogP contribution in [0.15, 0.2) is 145 Å². The lowest BCUT2D eigenvalue weighted by Gasteiger charge is -2.42. The van der Waals surface area contributed by atoms with Crippen molar-refractivity contribution < 1.29 is 61.0 Å². The SMILES string of the molecule is C/C(=C\C(C(C)C)N(C)C(=O)C(NC(=O)C(N(C)C(=O)OC(C)(C)C)C(C)(C)c1ccccc1)C(C)(C)C)C(=O)NS(=O)(=O)Cc1ccc(CNC(=O)C(CCCCNC(=O)OC(C)(C)C)NC(=O)C(Cc2ccccc2)NC(=O)OCC2c3ccccc3-c3ccccc32)cc1. The number of alkyl carbamates (subject to hydrolysis) is 2. The standard InChI is InChI=1S/C75H100N8O13S/c1-48(2)61(82(15)68(88)62(72(4,5)6)80-67(87)63(83(16)71(91)96-74(10,11)12)75(13,14)53-31-21-18-22-32-53)43-49(3)64(84)81-97(92,93)47-52-40-38-51(39-41-52)45-77-65(85)59(37-27-28-42-76-69(89)95-73(7,8)9)78-66(86)60(44-50-29-19-17-20-30-50)79-70(90)94-46-58-56-35-25-23-33-54(56)55-34-24-26-36-57(55)58/h17-26,29-36,38-41,43,48,58-63H,27-28,37,42,44-47H2,1-16H3,(H,76,89)(H,77,85)(H,78,86)(H,79,90)(H,80,87)(H,81,84)/b49-43+. The minimum atomic E-state index is -4.31. The molecule has 0 heterocycles. The van der Waals surface area contributed by atoms with Gasteiger partial charge in [0, 0.05) is 50.5 Å². The zero-order valence-corrected chi connectivity index (χ0v) is 59.9. The predicted octanol–water partition coefficient (Wildman–Crippen LogP) is 10.8. The van der Waals surface area contributed by atoms with Gasteiger partial charge in [0.05, 0.1) is 11.8 Å². The number of carbonyl (C=O) groups excluding carboxylic acids is 8. The van der Waals surface area contributed by atoms with Crippen molar-refractivity contribution in [3.8, 4) is 11.1 Å². The van der Waals surface area contributed by atoms with Crippen LogP contribution < -0.4 is 31.3 Å². The van der Waals surface area contributed by atoms with Crippen molar-refractivity contribution in [3.05, 3.63) is 178 Å². The smallest absolute Gasteiger partial charge is 0.410 e. The summed E-state index contributed by atoms with van der Waals surface area (Å²) in [6.45, 7) is 24.9. The summed E-state index contributed by atoms with van der Waals surface area (Å²) in [6.07, 6.45) is 0.408. The van der Waals surface area contributed by atoms with E-state index in [-0.39, 0.29) is 49.9 Å². The number of rotatable bonds is 28. The van der Waals surface area contributed by atoms with Crippen LogP contribution in [0.3, 0.4) is 0 Å². The molecule has 8 amide bonds. The molecule has 22 heteroatoms. The second-order valence-electron chi connectivity index (χ2n) is 28.8. The molecule has 0 aromatic heterocycles. The molecule has 0 spiro atoms. The molecule has 5 aromatic rings. The fourth-order valence-corrected chi connectivity index (χ4v) is 12.8. The molecular weight excluding hydrogens is 1250 g/mol. The largest absolute Gasteiger partial charge is 0.449 e. The Bertz CT molecular complexity index is 3660. The van der Waals surface area contributed by atoms with Gasteiger partial charge in [0.1, 0.15) is 42.0 Å². The summed E-state index contributed by atoms with van der Waals surface area (Å²) in [5, 5.41) is 14.2. The first-order valence-electron chi connectivity index (χ1n) is 33.0. The third kappa shape index (κ3) is 22.5. The highest BCUT2D eigenvalue weighted by molar-refractivity contribution is 7.89. The lowest BCUT2D eigenvalue weighted by atomic mass is 9.76. The highest BCUT2D eigenvalue weighted by Gasteiger charge is 2.46. The molecule has 5 atom stereocenters. The van der Waals surface area contributed by atoms with E-state index >= 15 is 0 Å². The summed E-state index contributed by atoms with van der Waals surface area (Å²) in [4.78, 5) is 114. The fourth-order valence-electron chi connectivity index (χ4n) is 11.7. The topological polar surface area (TPSA) is 277 Å². The van der Waals surface area contributed by atoms with Crippen LogP contribution in [-0.2, 0) is 72.3 Å². The lowest BCUT2D eigenvalue weighted by Crippen LogP contribution is -2.63. The van der Waals surface area contributed by atoms with Crippen LogP contribution >= 0.6 is 0 Å². The van der Waals surface area contributed by atoms with Gasteiger partial charge in [-0.05, 0) is 124 Å². The van der Waals surface area contributed by atoms with Gasteiger partial charge in [0.15, 0.2) is 0 Å². The van der Waals surface area contributed by atoms with Crippen LogP contribution in [0, 0.1) is 11.3 Å². The molecule has 97 heavy (non-hydrogen) atoms. The molecule has 0 aliphatic heterocycles. The van der Waals surface area contributed by atoms with Crippen molar-refractivity contribution >= 4 is 57.8 Å². The third-order valence-electron chi connectivity index (χ3n) is 16.7. The number of amides is 8. The van der Waals surface area contributed by atoms with Crippen LogP contribution in [0.25, 0.3) is 11.1 Å². The molecule has 0 saturated carbocycles. The van der Waals surface area contributed by atoms with Gasteiger partial charge in [0.25, 0.3) is 5.91 Å². The Morgan fingerprint density at radius 1 is 0.577 bits per heavy atom. The number of likely N-dealkylation sites (N-methyl/N-ethyl adjacent to an activating group) is 2. The molecule has 524 valence electrons. The maximum absolute atomic E-state index is 14.8. The van der Waals surface area contributed by atoms with Gasteiger partial charge < -0.3 is 45.7 Å². The molecule has 0 bridgehead atoms. The van der Waals surface area contributed by atoms with E-state index in [1.54, 1.807) is 93.6 Å². The number of nitrogens with zero attached hydrogens (tertiary/aromatic N) is 2. The monoisotopic (exact) mass is 1350 g/mol. The third-order valence-corrected chi connectivity index (χ3v) is 17.9. The number of fused-ring (bicyclic) bond motifs is 3. The van der Waals surface area contributed by atoms with Crippen molar-refractivity contribution in [1.82, 2.24) is 41.1 Å². The van der Waals surface area contributed by atoms with E-state index in [4.69, 9.17) is 14.2 Å². The Balaban J connectivity index is 1.11. The van der Waals surface area contributed by atoms with Crippen LogP contribution in [0.1, 0.15) is 155 Å². The Morgan fingerprint density at radius 2 is 1.12 bits per heavy atom. The van der Waals surface area contributed by atoms with Crippen molar-refractivity contribution in [1.29, 1.82) is 0 Å². The zero-order chi connectivity index (χ0) is 71.8. The van der Waals surface area contributed by atoms with Crippen LogP contribution in [0.4, 0.5) is 14.4 Å². The van der Waals surface area contributed by atoms with Crippen molar-refractivity contribution in [2.24, 2.45) is 11.3 Å². The van der Waals surface area contributed by atoms with Crippen LogP contribution in [0.2, 0.25) is 0 Å². The van der Waals surface area contributed by atoms with Gasteiger partial charge in [-0.3, -0.25) is 28.9 Å². The van der Waals surface area contributed by atoms with Gasteiger partial charge in [-0.15, -0.1) is 0 Å². The minimum Gasteiger partial charge on any atom is -0.449 e. The van der Waals surface area contributed by atoms with E-state index in [2.05, 4.69) is 31.3 Å². The summed E-state index contributed by atoms with van der Waals surface area (Å²) in [5.74, 6) is -4.30. The van der Waals surface area contributed by atoms with Gasteiger partial charge in [0.2, 0.25) is 33.7 Å². The van der Waals surface area contributed by atoms with Crippen molar-refractivity contribution in [2.75, 3.05) is 27.2 Å². The van der Waals surface area contributed by atoms with Gasteiger partial charge in [-0.1, -0.05) is 188 Å². The van der Waals surface area contributed by atoms with E-state index < -0.39 is 116 Å². The number of ether oxygens (including phenoxy) is 3. The first-order chi connectivity index (χ1) is 45.3. The Labute approximate surface area is 573 Å². The highest BCUT2D eigenvalue weighted by atomic mass is 32.2. The molecule has 6 rings (SSSR count). The molecule has 21 nitrogen and oxygen atoms in total. The molecule has 1 aliphatic carbocycles. The number of hydrogen-bond acceptors (Lipinski definition) is 13. The summed E-state index contributed by atoms with van der Waals surface area (Å²) in [6, 6.07) is 35.3. The molecule has 6 N–H and O–H groups in total. The normalized spacial score (nSPS) is 14.2. The number of benzene rings is 5. The Morgan fingerprint density at radius 3 is 1.68 bits per heavy atom. The number of carbonyl (C=O) groups is 8. The molecule has 5 unspecified atom stereocenters. The summed E-state index contributed by atoms with van der Waals surface area (Å²) in [5.41, 5.74) is 3.16. The molecular formula is C75H100N8O13S. The van der Waals surface area contributed by atoms with E-state index in [0.29, 0.717) is 24.0 Å². The summed E-state index contributed by atoms with van der Waals surface area (Å²) >= 11 is 0. The quantitative estimate of drug-likeness (QED) is 0.0155. The molecule has 0 radical (unpaired) electrons. The van der Waals surface area contributed by atoms with E-state index in [1.165, 1.54) is 29.8 Å². The maximum atomic E-state index is 14.8. The van der Waals surface area contributed by atoms with E-state index in [0.717, 1.165) is 33.4 Å². The van der Waals surface area contributed by atoms with Gasteiger partial charge >= 0.3 is 18.3 Å².